The van der Waals surface area contributed by atoms with Crippen molar-refractivity contribution in [1.29, 1.82) is 0 Å². The molecule has 1 saturated heterocycles. The maximum atomic E-state index is 13.6. The molecule has 0 N–H and O–H groups in total. The van der Waals surface area contributed by atoms with Crippen molar-refractivity contribution < 1.29 is 18.7 Å². The van der Waals surface area contributed by atoms with Gasteiger partial charge in [-0.1, -0.05) is 27.7 Å². The van der Waals surface area contributed by atoms with Gasteiger partial charge in [-0.05, 0) is 70.0 Å². The van der Waals surface area contributed by atoms with Crippen LogP contribution in [0, 0.1) is 16.7 Å². The molecule has 3 rings (SSSR count). The summed E-state index contributed by atoms with van der Waals surface area (Å²) in [6.07, 6.45) is 6.40. The molecule has 0 aromatic rings. The summed E-state index contributed by atoms with van der Waals surface area (Å²) in [7, 11) is -1.80. The van der Waals surface area contributed by atoms with Crippen LogP contribution in [0.3, 0.4) is 0 Å². The van der Waals surface area contributed by atoms with Gasteiger partial charge in [0.25, 0.3) is 0 Å². The zero-order valence-corrected chi connectivity index (χ0v) is 20.4. The van der Waals surface area contributed by atoms with Crippen LogP contribution in [0.5, 0.6) is 0 Å². The fraction of sp³-hybridized carbons (Fsp3) is 0.957. The summed E-state index contributed by atoms with van der Waals surface area (Å²) in [5, 5.41) is 0.218. The summed E-state index contributed by atoms with van der Waals surface area (Å²) in [5.74, 6) is 0.282. The number of hydrogen-bond acceptors (Lipinski definition) is 4. The number of carbonyl (C=O) groups is 1. The minimum atomic E-state index is -1.80. The first-order valence-corrected chi connectivity index (χ1v) is 14.2. The molecule has 2 atom stereocenters. The highest BCUT2D eigenvalue weighted by atomic mass is 28.4. The third-order valence-corrected chi connectivity index (χ3v) is 12.7. The van der Waals surface area contributed by atoms with Gasteiger partial charge in [-0.15, -0.1) is 0 Å². The molecule has 3 fully saturated rings. The number of Topliss-reactive ketones (excluding diaryl/α,β-unsaturated/α-hetero) is 1. The molecule has 0 aromatic heterocycles. The minimum Gasteiger partial charge on any atom is -0.414 e. The molecule has 0 amide bonds. The van der Waals surface area contributed by atoms with E-state index in [9.17, 15) is 4.79 Å². The molecular formula is C23H42O4Si. The van der Waals surface area contributed by atoms with E-state index in [-0.39, 0.29) is 10.5 Å². The van der Waals surface area contributed by atoms with E-state index in [1.165, 1.54) is 12.8 Å². The number of hydrogen-bond donors (Lipinski definition) is 0. The molecule has 5 heteroatoms. The maximum Gasteiger partial charge on any atom is 0.192 e. The number of ketones is 1. The van der Waals surface area contributed by atoms with Gasteiger partial charge in [0.05, 0.1) is 18.6 Å². The summed E-state index contributed by atoms with van der Waals surface area (Å²) in [4.78, 5) is 13.6. The van der Waals surface area contributed by atoms with Crippen molar-refractivity contribution in [1.82, 2.24) is 0 Å². The molecular weight excluding hydrogens is 368 g/mol. The Morgan fingerprint density at radius 2 is 1.68 bits per heavy atom. The molecule has 0 bridgehead atoms. The first-order chi connectivity index (χ1) is 12.7. The third-order valence-electron chi connectivity index (χ3n) is 8.21. The van der Waals surface area contributed by atoms with Crippen LogP contribution in [-0.2, 0) is 18.7 Å². The Hall–Kier alpha value is -0.233. The van der Waals surface area contributed by atoms with Crippen molar-refractivity contribution in [3.8, 4) is 0 Å². The molecule has 1 heterocycles. The van der Waals surface area contributed by atoms with Gasteiger partial charge in [-0.2, -0.15) is 0 Å². The Morgan fingerprint density at radius 1 is 1.11 bits per heavy atom. The van der Waals surface area contributed by atoms with Gasteiger partial charge < -0.3 is 13.9 Å². The Labute approximate surface area is 173 Å². The van der Waals surface area contributed by atoms with Gasteiger partial charge in [-0.25, -0.2) is 0 Å². The highest BCUT2D eigenvalue weighted by Gasteiger charge is 2.62. The van der Waals surface area contributed by atoms with Crippen LogP contribution in [0.2, 0.25) is 18.1 Å². The third kappa shape index (κ3) is 3.89. The lowest BCUT2D eigenvalue weighted by Crippen LogP contribution is -2.59. The number of rotatable bonds is 6. The van der Waals surface area contributed by atoms with E-state index < -0.39 is 19.5 Å². The molecule has 0 radical (unpaired) electrons. The molecule has 1 aliphatic heterocycles. The van der Waals surface area contributed by atoms with Crippen LogP contribution < -0.4 is 0 Å². The first-order valence-electron chi connectivity index (χ1n) is 11.2. The van der Waals surface area contributed by atoms with E-state index in [1.807, 2.05) is 13.8 Å². The molecule has 0 aromatic carbocycles. The molecule has 3 aliphatic rings. The molecule has 162 valence electrons. The van der Waals surface area contributed by atoms with Gasteiger partial charge >= 0.3 is 0 Å². The van der Waals surface area contributed by atoms with E-state index in [1.54, 1.807) is 0 Å². The second-order valence-electron chi connectivity index (χ2n) is 11.8. The Balaban J connectivity index is 1.69. The maximum absolute atomic E-state index is 13.6. The summed E-state index contributed by atoms with van der Waals surface area (Å²) < 4.78 is 18.8. The predicted octanol–water partition coefficient (Wildman–Crippen LogP) is 5.71. The SMILES string of the molecule is CC1(CCC(O[Si](C)(C)C(C)(C)C)C2CC2)CCC2(OCCO2)C(C)(C)C1=O. The molecule has 2 saturated carbocycles. The summed E-state index contributed by atoms with van der Waals surface area (Å²) in [5.41, 5.74) is -0.917. The van der Waals surface area contributed by atoms with E-state index in [0.717, 1.165) is 25.7 Å². The average Bonchev–Trinajstić information content (AvgIpc) is 3.31. The first kappa shape index (κ1) is 22.5. The largest absolute Gasteiger partial charge is 0.414 e. The molecule has 2 unspecified atom stereocenters. The van der Waals surface area contributed by atoms with E-state index >= 15 is 0 Å². The highest BCUT2D eigenvalue weighted by Crippen LogP contribution is 2.54. The van der Waals surface area contributed by atoms with Gasteiger partial charge in [0, 0.05) is 17.9 Å². The van der Waals surface area contributed by atoms with Crippen molar-refractivity contribution >= 4 is 14.1 Å². The number of ether oxygens (including phenoxy) is 2. The smallest absolute Gasteiger partial charge is 0.192 e. The second kappa shape index (κ2) is 7.18. The van der Waals surface area contributed by atoms with Crippen LogP contribution >= 0.6 is 0 Å². The minimum absolute atomic E-state index is 0.218. The van der Waals surface area contributed by atoms with Crippen LogP contribution in [0.15, 0.2) is 0 Å². The fourth-order valence-corrected chi connectivity index (χ4v) is 6.29. The van der Waals surface area contributed by atoms with Gasteiger partial charge in [0.15, 0.2) is 14.1 Å². The van der Waals surface area contributed by atoms with E-state index in [2.05, 4.69) is 40.8 Å². The topological polar surface area (TPSA) is 44.8 Å². The standard InChI is InChI=1S/C23H42O4Si/c1-20(2,3)28(7,8)27-18(17-9-10-17)11-12-22(6)13-14-23(25-15-16-26-23)21(4,5)19(22)24/h17-18H,9-16H2,1-8H3. The lowest BCUT2D eigenvalue weighted by molar-refractivity contribution is -0.247. The zero-order chi connectivity index (χ0) is 21.0. The quantitative estimate of drug-likeness (QED) is 0.526. The van der Waals surface area contributed by atoms with E-state index in [0.29, 0.717) is 31.0 Å². The van der Waals surface area contributed by atoms with E-state index in [4.69, 9.17) is 13.9 Å². The lowest BCUT2D eigenvalue weighted by Gasteiger charge is -2.51. The second-order valence-corrected chi connectivity index (χ2v) is 16.5. The monoisotopic (exact) mass is 410 g/mol. The van der Waals surface area contributed by atoms with Crippen molar-refractivity contribution in [3.63, 3.8) is 0 Å². The van der Waals surface area contributed by atoms with Crippen LogP contribution in [0.4, 0.5) is 0 Å². The summed E-state index contributed by atoms with van der Waals surface area (Å²) >= 11 is 0. The summed E-state index contributed by atoms with van der Waals surface area (Å²) in [6.45, 7) is 19.0. The van der Waals surface area contributed by atoms with Gasteiger partial charge in [-0.3, -0.25) is 4.79 Å². The zero-order valence-electron chi connectivity index (χ0n) is 19.4. The van der Waals surface area contributed by atoms with Crippen molar-refractivity contribution in [3.05, 3.63) is 0 Å². The molecule has 2 aliphatic carbocycles. The Bertz CT molecular complexity index is 596. The molecule has 4 nitrogen and oxygen atoms in total. The predicted molar refractivity (Wildman–Crippen MR) is 115 cm³/mol. The Morgan fingerprint density at radius 3 is 2.18 bits per heavy atom. The fourth-order valence-electron chi connectivity index (χ4n) is 4.87. The average molecular weight is 411 g/mol. The van der Waals surface area contributed by atoms with Crippen LogP contribution in [0.25, 0.3) is 0 Å². The van der Waals surface area contributed by atoms with Gasteiger partial charge in [0.2, 0.25) is 0 Å². The highest BCUT2D eigenvalue weighted by molar-refractivity contribution is 6.74. The van der Waals surface area contributed by atoms with Crippen molar-refractivity contribution in [2.24, 2.45) is 16.7 Å². The summed E-state index contributed by atoms with van der Waals surface area (Å²) in [6, 6.07) is 0. The van der Waals surface area contributed by atoms with Crippen molar-refractivity contribution in [2.45, 2.75) is 110 Å². The lowest BCUT2D eigenvalue weighted by atomic mass is 9.58. The van der Waals surface area contributed by atoms with Crippen LogP contribution in [0.1, 0.15) is 80.1 Å². The Kier molecular flexibility index (Phi) is 5.75. The normalized spacial score (nSPS) is 31.4. The van der Waals surface area contributed by atoms with Crippen LogP contribution in [-0.4, -0.2) is 39.2 Å². The molecule has 1 spiro atoms. The van der Waals surface area contributed by atoms with Crippen molar-refractivity contribution in [2.75, 3.05) is 13.2 Å². The van der Waals surface area contributed by atoms with Gasteiger partial charge in [0.1, 0.15) is 5.78 Å². The molecule has 28 heavy (non-hydrogen) atoms. The number of carbonyl (C=O) groups excluding carboxylic acids is 1.